The summed E-state index contributed by atoms with van der Waals surface area (Å²) in [6.45, 7) is 2.64. The second-order valence-corrected chi connectivity index (χ2v) is 4.89. The predicted molar refractivity (Wildman–Crippen MR) is 72.2 cm³/mol. The molecule has 0 aliphatic carbocycles. The fourth-order valence-electron chi connectivity index (χ4n) is 2.55. The zero-order valence-corrected chi connectivity index (χ0v) is 11.2. The van der Waals surface area contributed by atoms with E-state index in [0.717, 1.165) is 19.0 Å². The first-order valence-corrected chi connectivity index (χ1v) is 6.58. The van der Waals surface area contributed by atoms with Crippen molar-refractivity contribution in [3.8, 4) is 0 Å². The first-order chi connectivity index (χ1) is 9.50. The molecule has 1 fully saturated rings. The topological polar surface area (TPSA) is 78.4 Å². The SMILES string of the molecule is CCC1(C(=O)Nc2cccc(F)c2C(=O)O)CCCN1. The van der Waals surface area contributed by atoms with Crippen LogP contribution in [-0.2, 0) is 4.79 Å². The van der Waals surface area contributed by atoms with Gasteiger partial charge in [0.25, 0.3) is 0 Å². The van der Waals surface area contributed by atoms with E-state index in [1.165, 1.54) is 12.1 Å². The molecule has 1 saturated heterocycles. The highest BCUT2D eigenvalue weighted by Crippen LogP contribution is 2.26. The minimum absolute atomic E-state index is 0.0102. The Labute approximate surface area is 116 Å². The van der Waals surface area contributed by atoms with E-state index in [2.05, 4.69) is 10.6 Å². The molecule has 1 amide bonds. The molecule has 1 aromatic rings. The lowest BCUT2D eigenvalue weighted by atomic mass is 9.93. The quantitative estimate of drug-likeness (QED) is 0.788. The summed E-state index contributed by atoms with van der Waals surface area (Å²) in [5.74, 6) is -2.57. The summed E-state index contributed by atoms with van der Waals surface area (Å²) in [6.07, 6.45) is 2.17. The molecule has 1 heterocycles. The lowest BCUT2D eigenvalue weighted by Gasteiger charge is -2.27. The summed E-state index contributed by atoms with van der Waals surface area (Å²) >= 11 is 0. The summed E-state index contributed by atoms with van der Waals surface area (Å²) in [5.41, 5.74) is -1.21. The smallest absolute Gasteiger partial charge is 0.340 e. The number of aromatic carboxylic acids is 1. The Morgan fingerprint density at radius 1 is 1.50 bits per heavy atom. The van der Waals surface area contributed by atoms with Crippen molar-refractivity contribution in [2.24, 2.45) is 0 Å². The number of amides is 1. The molecule has 3 N–H and O–H groups in total. The number of anilines is 1. The number of rotatable bonds is 4. The van der Waals surface area contributed by atoms with Gasteiger partial charge in [-0.25, -0.2) is 9.18 Å². The Kier molecular flexibility index (Phi) is 4.04. The van der Waals surface area contributed by atoms with Crippen LogP contribution in [-0.4, -0.2) is 29.1 Å². The monoisotopic (exact) mass is 280 g/mol. The van der Waals surface area contributed by atoms with Crippen LogP contribution in [0.4, 0.5) is 10.1 Å². The maximum atomic E-state index is 13.6. The van der Waals surface area contributed by atoms with Gasteiger partial charge in [0.15, 0.2) is 0 Å². The second kappa shape index (κ2) is 5.58. The van der Waals surface area contributed by atoms with E-state index in [1.54, 1.807) is 0 Å². The molecule has 108 valence electrons. The molecule has 0 bridgehead atoms. The highest BCUT2D eigenvalue weighted by atomic mass is 19.1. The predicted octanol–water partition coefficient (Wildman–Crippen LogP) is 1.99. The molecule has 0 saturated carbocycles. The molecule has 0 aromatic heterocycles. The number of carbonyl (C=O) groups is 2. The molecule has 6 heteroatoms. The van der Waals surface area contributed by atoms with Gasteiger partial charge in [0.05, 0.1) is 11.2 Å². The second-order valence-electron chi connectivity index (χ2n) is 4.89. The number of hydrogen-bond donors (Lipinski definition) is 3. The van der Waals surface area contributed by atoms with Gasteiger partial charge >= 0.3 is 5.97 Å². The summed E-state index contributed by atoms with van der Waals surface area (Å²) in [4.78, 5) is 23.5. The van der Waals surface area contributed by atoms with Crippen LogP contribution in [0.5, 0.6) is 0 Å². The minimum atomic E-state index is -1.40. The number of carboxylic acid groups (broad SMARTS) is 1. The molecule has 20 heavy (non-hydrogen) atoms. The average molecular weight is 280 g/mol. The fraction of sp³-hybridized carbons (Fsp3) is 0.429. The molecule has 5 nitrogen and oxygen atoms in total. The molecular formula is C14H17FN2O3. The van der Waals surface area contributed by atoms with Gasteiger partial charge in [-0.3, -0.25) is 4.79 Å². The molecule has 1 atom stereocenters. The molecular weight excluding hydrogens is 263 g/mol. The standard InChI is InChI=1S/C14H17FN2O3/c1-2-14(7-4-8-16-14)13(20)17-10-6-3-5-9(15)11(10)12(18)19/h3,5-6,16H,2,4,7-8H2,1H3,(H,17,20)(H,18,19). The first kappa shape index (κ1) is 14.5. The van der Waals surface area contributed by atoms with Gasteiger partial charge in [-0.15, -0.1) is 0 Å². The van der Waals surface area contributed by atoms with E-state index in [9.17, 15) is 14.0 Å². The average Bonchev–Trinajstić information content (AvgIpc) is 2.88. The zero-order chi connectivity index (χ0) is 14.8. The van der Waals surface area contributed by atoms with Gasteiger partial charge in [0, 0.05) is 0 Å². The summed E-state index contributed by atoms with van der Waals surface area (Å²) in [5, 5.41) is 14.7. The van der Waals surface area contributed by atoms with Gasteiger partial charge in [-0.05, 0) is 37.9 Å². The Bertz CT molecular complexity index is 539. The Hall–Kier alpha value is -1.95. The van der Waals surface area contributed by atoms with Crippen molar-refractivity contribution in [1.82, 2.24) is 5.32 Å². The maximum absolute atomic E-state index is 13.6. The van der Waals surface area contributed by atoms with Crippen LogP contribution in [0.1, 0.15) is 36.5 Å². The van der Waals surface area contributed by atoms with Crippen molar-refractivity contribution in [3.63, 3.8) is 0 Å². The maximum Gasteiger partial charge on any atom is 0.340 e. The third-order valence-electron chi connectivity index (χ3n) is 3.76. The van der Waals surface area contributed by atoms with Crippen molar-refractivity contribution in [2.45, 2.75) is 31.7 Å². The molecule has 1 aliphatic heterocycles. The summed E-state index contributed by atoms with van der Waals surface area (Å²) in [6, 6.07) is 3.82. The minimum Gasteiger partial charge on any atom is -0.478 e. The highest BCUT2D eigenvalue weighted by Gasteiger charge is 2.39. The summed E-state index contributed by atoms with van der Waals surface area (Å²) in [7, 11) is 0. The highest BCUT2D eigenvalue weighted by molar-refractivity contribution is 6.04. The van der Waals surface area contributed by atoms with E-state index >= 15 is 0 Å². The molecule has 2 rings (SSSR count). The van der Waals surface area contributed by atoms with Crippen LogP contribution in [0.25, 0.3) is 0 Å². The lowest BCUT2D eigenvalue weighted by Crippen LogP contribution is -2.50. The molecule has 1 unspecified atom stereocenters. The van der Waals surface area contributed by atoms with Crippen LogP contribution in [0.2, 0.25) is 0 Å². The normalized spacial score (nSPS) is 21.7. The number of hydrogen-bond acceptors (Lipinski definition) is 3. The largest absolute Gasteiger partial charge is 0.478 e. The van der Waals surface area contributed by atoms with Gasteiger partial charge in [-0.1, -0.05) is 13.0 Å². The summed E-state index contributed by atoms with van der Waals surface area (Å²) < 4.78 is 13.6. The van der Waals surface area contributed by atoms with Crippen LogP contribution < -0.4 is 10.6 Å². The zero-order valence-electron chi connectivity index (χ0n) is 11.2. The van der Waals surface area contributed by atoms with E-state index in [4.69, 9.17) is 5.11 Å². The van der Waals surface area contributed by atoms with Crippen LogP contribution >= 0.6 is 0 Å². The van der Waals surface area contributed by atoms with Crippen molar-refractivity contribution in [1.29, 1.82) is 0 Å². The van der Waals surface area contributed by atoms with E-state index in [0.29, 0.717) is 12.8 Å². The molecule has 1 aromatic carbocycles. The lowest BCUT2D eigenvalue weighted by molar-refractivity contribution is -0.122. The Morgan fingerprint density at radius 2 is 2.25 bits per heavy atom. The van der Waals surface area contributed by atoms with Gasteiger partial charge < -0.3 is 15.7 Å². The number of carboxylic acids is 1. The van der Waals surface area contributed by atoms with E-state index in [1.807, 2.05) is 6.92 Å². The van der Waals surface area contributed by atoms with Crippen LogP contribution in [0.15, 0.2) is 18.2 Å². The van der Waals surface area contributed by atoms with E-state index < -0.39 is 22.9 Å². The molecule has 0 radical (unpaired) electrons. The molecule has 0 spiro atoms. The number of carbonyl (C=O) groups excluding carboxylic acids is 1. The van der Waals surface area contributed by atoms with Crippen LogP contribution in [0.3, 0.4) is 0 Å². The van der Waals surface area contributed by atoms with Gasteiger partial charge in [0.2, 0.25) is 5.91 Å². The Balaban J connectivity index is 2.28. The van der Waals surface area contributed by atoms with E-state index in [-0.39, 0.29) is 11.6 Å². The number of halogens is 1. The third-order valence-corrected chi connectivity index (χ3v) is 3.76. The fourth-order valence-corrected chi connectivity index (χ4v) is 2.55. The van der Waals surface area contributed by atoms with Crippen molar-refractivity contribution >= 4 is 17.6 Å². The van der Waals surface area contributed by atoms with Crippen LogP contribution in [0, 0.1) is 5.82 Å². The van der Waals surface area contributed by atoms with Gasteiger partial charge in [0.1, 0.15) is 11.4 Å². The molecule has 1 aliphatic rings. The number of benzene rings is 1. The van der Waals surface area contributed by atoms with Crippen molar-refractivity contribution in [3.05, 3.63) is 29.6 Å². The Morgan fingerprint density at radius 3 is 2.80 bits per heavy atom. The first-order valence-electron chi connectivity index (χ1n) is 6.58. The third kappa shape index (κ3) is 2.51. The van der Waals surface area contributed by atoms with Gasteiger partial charge in [-0.2, -0.15) is 0 Å². The van der Waals surface area contributed by atoms with Crippen molar-refractivity contribution in [2.75, 3.05) is 11.9 Å². The number of nitrogens with one attached hydrogen (secondary N) is 2. The van der Waals surface area contributed by atoms with Crippen molar-refractivity contribution < 1.29 is 19.1 Å².